The van der Waals surface area contributed by atoms with Crippen LogP contribution in [0.1, 0.15) is 30.0 Å². The number of hydrogen-bond donors (Lipinski definition) is 3. The number of ether oxygens (including phenoxy) is 1. The Kier molecular flexibility index (Phi) is 4.91. The quantitative estimate of drug-likeness (QED) is 0.723. The van der Waals surface area contributed by atoms with Gasteiger partial charge in [0.1, 0.15) is 17.7 Å². The number of anilines is 3. The number of hydrogen-bond acceptors (Lipinski definition) is 8. The summed E-state index contributed by atoms with van der Waals surface area (Å²) in [5.41, 5.74) is 2.63. The molecule has 0 spiro atoms. The zero-order valence-electron chi connectivity index (χ0n) is 14.4. The first-order valence-corrected chi connectivity index (χ1v) is 8.87. The molecule has 4 rings (SSSR count). The van der Waals surface area contributed by atoms with Crippen LogP contribution in [0.3, 0.4) is 0 Å². The lowest BCUT2D eigenvalue weighted by Crippen LogP contribution is -2.42. The van der Waals surface area contributed by atoms with E-state index in [0.717, 1.165) is 31.9 Å². The van der Waals surface area contributed by atoms with E-state index >= 15 is 0 Å². The Labute approximate surface area is 152 Å². The number of morpholine rings is 1. The van der Waals surface area contributed by atoms with Gasteiger partial charge in [-0.1, -0.05) is 0 Å². The van der Waals surface area contributed by atoms with Crippen molar-refractivity contribution < 1.29 is 4.74 Å². The van der Waals surface area contributed by atoms with Gasteiger partial charge in [0.2, 0.25) is 0 Å². The summed E-state index contributed by atoms with van der Waals surface area (Å²) in [7, 11) is 0. The van der Waals surface area contributed by atoms with Gasteiger partial charge in [-0.3, -0.25) is 0 Å². The molecule has 1 aliphatic heterocycles. The van der Waals surface area contributed by atoms with Crippen LogP contribution in [0.25, 0.3) is 0 Å². The van der Waals surface area contributed by atoms with Gasteiger partial charge in [0, 0.05) is 37.6 Å². The Bertz CT molecular complexity index is 792. The van der Waals surface area contributed by atoms with E-state index in [0.29, 0.717) is 17.6 Å². The van der Waals surface area contributed by atoms with Gasteiger partial charge in [-0.2, -0.15) is 5.26 Å². The zero-order chi connectivity index (χ0) is 17.8. The lowest BCUT2D eigenvalue weighted by atomic mass is 10.1. The molecule has 0 radical (unpaired) electrons. The van der Waals surface area contributed by atoms with Crippen molar-refractivity contribution >= 4 is 17.3 Å². The highest BCUT2D eigenvalue weighted by Gasteiger charge is 2.27. The summed E-state index contributed by atoms with van der Waals surface area (Å²) in [5.74, 6) is 1.85. The third-order valence-corrected chi connectivity index (χ3v) is 4.50. The summed E-state index contributed by atoms with van der Waals surface area (Å²) in [6, 6.07) is 3.96. The molecule has 2 fully saturated rings. The van der Waals surface area contributed by atoms with E-state index in [4.69, 9.17) is 10.00 Å². The second-order valence-electron chi connectivity index (χ2n) is 6.53. The Hall–Kier alpha value is -2.76. The minimum Gasteiger partial charge on any atom is -0.382 e. The lowest BCUT2D eigenvalue weighted by molar-refractivity contribution is 0.0372. The Morgan fingerprint density at radius 1 is 1.19 bits per heavy atom. The Morgan fingerprint density at radius 2 is 2.08 bits per heavy atom. The maximum absolute atomic E-state index is 8.80. The van der Waals surface area contributed by atoms with Crippen LogP contribution >= 0.6 is 0 Å². The number of rotatable bonds is 6. The van der Waals surface area contributed by atoms with Crippen molar-refractivity contribution in [3.8, 4) is 6.07 Å². The molecule has 26 heavy (non-hydrogen) atoms. The summed E-state index contributed by atoms with van der Waals surface area (Å²) in [5, 5.41) is 18.8. The van der Waals surface area contributed by atoms with Crippen molar-refractivity contribution in [3.63, 3.8) is 0 Å². The van der Waals surface area contributed by atoms with Crippen LogP contribution in [0, 0.1) is 11.3 Å². The molecule has 1 aliphatic carbocycles. The number of nitrogens with zero attached hydrogens (tertiary/aromatic N) is 4. The van der Waals surface area contributed by atoms with Crippen molar-refractivity contribution in [3.05, 3.63) is 35.9 Å². The standard InChI is InChI=1S/C18H21N7O/c19-6-13-7-23-18(11-21-13)25-17-5-16(15(10-24-17)12-1-2-12)22-9-14-8-20-3-4-26-14/h5,7,10-12,14,20H,1-4,8-9H2,(H2,22,23,24,25)/t14-/m0/s1. The smallest absolute Gasteiger partial charge is 0.158 e. The van der Waals surface area contributed by atoms with Crippen LogP contribution in [0.5, 0.6) is 0 Å². The normalized spacial score (nSPS) is 19.6. The summed E-state index contributed by atoms with van der Waals surface area (Å²) in [6.07, 6.45) is 7.50. The summed E-state index contributed by atoms with van der Waals surface area (Å²) in [4.78, 5) is 12.7. The molecule has 0 amide bonds. The molecule has 8 heteroatoms. The average Bonchev–Trinajstić information content (AvgIpc) is 3.53. The monoisotopic (exact) mass is 351 g/mol. The van der Waals surface area contributed by atoms with E-state index in [1.807, 2.05) is 18.3 Å². The molecule has 1 saturated carbocycles. The molecule has 0 unspecified atom stereocenters. The summed E-state index contributed by atoms with van der Waals surface area (Å²) < 4.78 is 5.76. The van der Waals surface area contributed by atoms with Gasteiger partial charge in [0.05, 0.1) is 25.1 Å². The van der Waals surface area contributed by atoms with Gasteiger partial charge in [-0.05, 0) is 24.3 Å². The first-order valence-electron chi connectivity index (χ1n) is 8.87. The molecule has 0 aromatic carbocycles. The van der Waals surface area contributed by atoms with E-state index in [-0.39, 0.29) is 11.8 Å². The predicted octanol–water partition coefficient (Wildman–Crippen LogP) is 1.76. The Balaban J connectivity index is 1.47. The van der Waals surface area contributed by atoms with E-state index in [9.17, 15) is 0 Å². The molecule has 2 aromatic heterocycles. The highest BCUT2D eigenvalue weighted by molar-refractivity contribution is 5.62. The van der Waals surface area contributed by atoms with Crippen LogP contribution in [0.15, 0.2) is 24.7 Å². The average molecular weight is 351 g/mol. The molecule has 2 aliphatic rings. The number of pyridine rings is 1. The molecule has 0 bridgehead atoms. The summed E-state index contributed by atoms with van der Waals surface area (Å²) >= 11 is 0. The van der Waals surface area contributed by atoms with E-state index in [1.165, 1.54) is 30.8 Å². The zero-order valence-corrected chi connectivity index (χ0v) is 14.4. The van der Waals surface area contributed by atoms with Crippen molar-refractivity contribution in [1.82, 2.24) is 20.3 Å². The number of nitrogens with one attached hydrogen (secondary N) is 3. The molecule has 134 valence electrons. The largest absolute Gasteiger partial charge is 0.382 e. The fraction of sp³-hybridized carbons (Fsp3) is 0.444. The van der Waals surface area contributed by atoms with Crippen LogP contribution in [-0.2, 0) is 4.74 Å². The molecule has 3 N–H and O–H groups in total. The maximum atomic E-state index is 8.80. The minimum atomic E-state index is 0.171. The van der Waals surface area contributed by atoms with Gasteiger partial charge < -0.3 is 20.7 Å². The van der Waals surface area contributed by atoms with Gasteiger partial charge >= 0.3 is 0 Å². The molecule has 8 nitrogen and oxygen atoms in total. The molecular weight excluding hydrogens is 330 g/mol. The highest BCUT2D eigenvalue weighted by atomic mass is 16.5. The second kappa shape index (κ2) is 7.64. The molecule has 3 heterocycles. The van der Waals surface area contributed by atoms with Crippen molar-refractivity contribution in [2.24, 2.45) is 0 Å². The van der Waals surface area contributed by atoms with Crippen molar-refractivity contribution in [1.29, 1.82) is 5.26 Å². The third kappa shape index (κ3) is 4.07. The fourth-order valence-electron chi connectivity index (χ4n) is 2.96. The van der Waals surface area contributed by atoms with Gasteiger partial charge in [0.15, 0.2) is 5.69 Å². The topological polar surface area (TPSA) is 108 Å². The number of aromatic nitrogens is 3. The highest BCUT2D eigenvalue weighted by Crippen LogP contribution is 2.43. The summed E-state index contributed by atoms with van der Waals surface area (Å²) in [6.45, 7) is 3.29. The molecule has 2 aromatic rings. The van der Waals surface area contributed by atoms with Crippen LogP contribution in [0.4, 0.5) is 17.3 Å². The van der Waals surface area contributed by atoms with Crippen LogP contribution in [-0.4, -0.2) is 47.3 Å². The van der Waals surface area contributed by atoms with Gasteiger partial charge in [-0.25, -0.2) is 15.0 Å². The predicted molar refractivity (Wildman–Crippen MR) is 97.3 cm³/mol. The first kappa shape index (κ1) is 16.7. The Morgan fingerprint density at radius 3 is 2.77 bits per heavy atom. The first-order chi connectivity index (χ1) is 12.8. The fourth-order valence-corrected chi connectivity index (χ4v) is 2.96. The van der Waals surface area contributed by atoms with Crippen LogP contribution in [0.2, 0.25) is 0 Å². The maximum Gasteiger partial charge on any atom is 0.158 e. The van der Waals surface area contributed by atoms with Crippen molar-refractivity contribution in [2.75, 3.05) is 36.9 Å². The molecule has 1 atom stereocenters. The molecule has 1 saturated heterocycles. The van der Waals surface area contributed by atoms with Crippen molar-refractivity contribution in [2.45, 2.75) is 24.9 Å². The van der Waals surface area contributed by atoms with E-state index < -0.39 is 0 Å². The SMILES string of the molecule is N#Cc1cnc(Nc2cc(NC[C@@H]3CNCCO3)c(C3CC3)cn2)cn1. The van der Waals surface area contributed by atoms with E-state index in [1.54, 1.807) is 0 Å². The third-order valence-electron chi connectivity index (χ3n) is 4.50. The van der Waals surface area contributed by atoms with Crippen LogP contribution < -0.4 is 16.0 Å². The number of nitriles is 1. The van der Waals surface area contributed by atoms with Gasteiger partial charge in [-0.15, -0.1) is 0 Å². The van der Waals surface area contributed by atoms with E-state index in [2.05, 4.69) is 30.9 Å². The second-order valence-corrected chi connectivity index (χ2v) is 6.53. The minimum absolute atomic E-state index is 0.171. The lowest BCUT2D eigenvalue weighted by Gasteiger charge is -2.25. The molecular formula is C18H21N7O. The van der Waals surface area contributed by atoms with Gasteiger partial charge in [0.25, 0.3) is 0 Å².